The molecule has 0 aliphatic carbocycles. The average molecular weight is 269 g/mol. The first kappa shape index (κ1) is 13.7. The molecule has 1 aliphatic rings. The van der Waals surface area contributed by atoms with Crippen molar-refractivity contribution >= 4 is 6.03 Å². The summed E-state index contributed by atoms with van der Waals surface area (Å²) in [6.45, 7) is 2.55. The third kappa shape index (κ3) is 2.40. The Labute approximate surface area is 110 Å². The van der Waals surface area contributed by atoms with Gasteiger partial charge in [0.2, 0.25) is 0 Å². The summed E-state index contributed by atoms with van der Waals surface area (Å²) < 4.78 is 26.7. The molecule has 0 bridgehead atoms. The van der Waals surface area contributed by atoms with Gasteiger partial charge in [-0.25, -0.2) is 13.6 Å². The molecule has 0 saturated carbocycles. The van der Waals surface area contributed by atoms with Gasteiger partial charge in [0.25, 0.3) is 0 Å². The number of hydrogen-bond donors (Lipinski definition) is 1. The van der Waals surface area contributed by atoms with Crippen LogP contribution in [0.25, 0.3) is 0 Å². The van der Waals surface area contributed by atoms with Crippen LogP contribution in [0.4, 0.5) is 13.6 Å². The molecule has 1 saturated heterocycles. The van der Waals surface area contributed by atoms with E-state index in [-0.39, 0.29) is 12.1 Å². The second-order valence-corrected chi connectivity index (χ2v) is 4.81. The van der Waals surface area contributed by atoms with Crippen molar-refractivity contribution in [1.82, 2.24) is 9.80 Å². The minimum Gasteiger partial charge on any atom is -0.328 e. The lowest BCUT2D eigenvalue weighted by molar-refractivity contribution is 0.185. The molecule has 2 atom stereocenters. The van der Waals surface area contributed by atoms with E-state index in [0.717, 1.165) is 6.07 Å². The smallest absolute Gasteiger partial charge is 0.320 e. The molecule has 0 radical (unpaired) electrons. The number of hydrogen-bond acceptors (Lipinski definition) is 2. The monoisotopic (exact) mass is 269 g/mol. The van der Waals surface area contributed by atoms with Gasteiger partial charge in [-0.05, 0) is 13.0 Å². The van der Waals surface area contributed by atoms with E-state index in [9.17, 15) is 13.6 Å². The molecule has 2 unspecified atom stereocenters. The number of urea groups is 1. The number of nitrogens with two attached hydrogens (primary N) is 1. The maximum Gasteiger partial charge on any atom is 0.320 e. The summed E-state index contributed by atoms with van der Waals surface area (Å²) >= 11 is 0. The van der Waals surface area contributed by atoms with Crippen LogP contribution in [0.1, 0.15) is 18.5 Å². The summed E-state index contributed by atoms with van der Waals surface area (Å²) in [5, 5.41) is 0. The van der Waals surface area contributed by atoms with Crippen LogP contribution >= 0.6 is 0 Å². The SMILES string of the molecule is CC(CN)N1CC(c2ccc(F)cc2F)N(C)C1=O. The largest absolute Gasteiger partial charge is 0.328 e. The minimum atomic E-state index is -0.632. The Morgan fingerprint density at radius 3 is 2.74 bits per heavy atom. The molecule has 0 spiro atoms. The molecule has 4 nitrogen and oxygen atoms in total. The van der Waals surface area contributed by atoms with E-state index in [1.807, 2.05) is 6.92 Å². The summed E-state index contributed by atoms with van der Waals surface area (Å²) in [7, 11) is 1.61. The number of nitrogens with zero attached hydrogens (tertiary/aromatic N) is 2. The zero-order valence-corrected chi connectivity index (χ0v) is 10.9. The number of likely N-dealkylation sites (N-methyl/N-ethyl adjacent to an activating group) is 1. The van der Waals surface area contributed by atoms with E-state index < -0.39 is 17.7 Å². The molecule has 19 heavy (non-hydrogen) atoms. The summed E-state index contributed by atoms with van der Waals surface area (Å²) in [6.07, 6.45) is 0. The lowest BCUT2D eigenvalue weighted by Gasteiger charge is -2.21. The van der Waals surface area contributed by atoms with Crippen LogP contribution in [0.3, 0.4) is 0 Å². The first-order valence-electron chi connectivity index (χ1n) is 6.14. The fourth-order valence-electron chi connectivity index (χ4n) is 2.30. The summed E-state index contributed by atoms with van der Waals surface area (Å²) in [5.74, 6) is -1.26. The molecule has 104 valence electrons. The molecule has 2 N–H and O–H groups in total. The number of rotatable bonds is 3. The maximum absolute atomic E-state index is 13.8. The van der Waals surface area contributed by atoms with E-state index in [2.05, 4.69) is 0 Å². The van der Waals surface area contributed by atoms with Gasteiger partial charge in [-0.1, -0.05) is 6.07 Å². The molecule has 2 rings (SSSR count). The van der Waals surface area contributed by atoms with E-state index in [0.29, 0.717) is 18.7 Å². The van der Waals surface area contributed by atoms with Crippen LogP contribution in [-0.2, 0) is 0 Å². The fourth-order valence-corrected chi connectivity index (χ4v) is 2.30. The highest BCUT2D eigenvalue weighted by Crippen LogP contribution is 2.30. The van der Waals surface area contributed by atoms with Gasteiger partial charge >= 0.3 is 6.03 Å². The Bertz CT molecular complexity index is 495. The molecule has 1 aliphatic heterocycles. The van der Waals surface area contributed by atoms with Gasteiger partial charge in [-0.15, -0.1) is 0 Å². The average Bonchev–Trinajstić information content (AvgIpc) is 2.66. The molecular weight excluding hydrogens is 252 g/mol. The zero-order chi connectivity index (χ0) is 14.2. The van der Waals surface area contributed by atoms with Gasteiger partial charge < -0.3 is 15.5 Å². The van der Waals surface area contributed by atoms with Crippen molar-refractivity contribution in [3.63, 3.8) is 0 Å². The molecule has 6 heteroatoms. The number of carbonyl (C=O) groups is 1. The lowest BCUT2D eigenvalue weighted by atomic mass is 10.1. The van der Waals surface area contributed by atoms with E-state index in [4.69, 9.17) is 5.73 Å². The molecule has 0 aromatic heterocycles. The highest BCUT2D eigenvalue weighted by Gasteiger charge is 2.38. The van der Waals surface area contributed by atoms with Gasteiger partial charge in [-0.3, -0.25) is 0 Å². The van der Waals surface area contributed by atoms with Crippen LogP contribution in [0.5, 0.6) is 0 Å². The van der Waals surface area contributed by atoms with Crippen LogP contribution in [0.2, 0.25) is 0 Å². The van der Waals surface area contributed by atoms with Crippen molar-refractivity contribution in [3.05, 3.63) is 35.4 Å². The van der Waals surface area contributed by atoms with Gasteiger partial charge in [-0.2, -0.15) is 0 Å². The molecule has 1 aromatic rings. The Balaban J connectivity index is 2.29. The molecule has 1 heterocycles. The Morgan fingerprint density at radius 1 is 1.47 bits per heavy atom. The molecule has 2 amide bonds. The third-order valence-electron chi connectivity index (χ3n) is 3.58. The maximum atomic E-state index is 13.8. The van der Waals surface area contributed by atoms with Gasteiger partial charge in [0, 0.05) is 37.8 Å². The third-order valence-corrected chi connectivity index (χ3v) is 3.58. The Hall–Kier alpha value is -1.69. The molecule has 1 aromatic carbocycles. The van der Waals surface area contributed by atoms with Crippen LogP contribution in [0, 0.1) is 11.6 Å². The highest BCUT2D eigenvalue weighted by atomic mass is 19.1. The molecule has 1 fully saturated rings. The van der Waals surface area contributed by atoms with Gasteiger partial charge in [0.15, 0.2) is 0 Å². The second-order valence-electron chi connectivity index (χ2n) is 4.81. The number of carbonyl (C=O) groups excluding carboxylic acids is 1. The predicted molar refractivity (Wildman–Crippen MR) is 67.5 cm³/mol. The Morgan fingerprint density at radius 2 is 2.16 bits per heavy atom. The van der Waals surface area contributed by atoms with Crippen molar-refractivity contribution in [1.29, 1.82) is 0 Å². The fraction of sp³-hybridized carbons (Fsp3) is 0.462. The standard InChI is InChI=1S/C13H17F2N3O/c1-8(6-16)18-7-12(17(2)13(18)19)10-4-3-9(14)5-11(10)15/h3-5,8,12H,6-7,16H2,1-2H3. The lowest BCUT2D eigenvalue weighted by Crippen LogP contribution is -2.40. The summed E-state index contributed by atoms with van der Waals surface area (Å²) in [6, 6.07) is 2.71. The topological polar surface area (TPSA) is 49.6 Å². The molecular formula is C13H17F2N3O. The van der Waals surface area contributed by atoms with Crippen molar-refractivity contribution in [2.75, 3.05) is 20.1 Å². The van der Waals surface area contributed by atoms with Crippen LogP contribution < -0.4 is 5.73 Å². The minimum absolute atomic E-state index is 0.108. The first-order valence-corrected chi connectivity index (χ1v) is 6.14. The second kappa shape index (κ2) is 5.13. The number of benzene rings is 1. The van der Waals surface area contributed by atoms with E-state index in [1.165, 1.54) is 17.0 Å². The van der Waals surface area contributed by atoms with Crippen LogP contribution in [0.15, 0.2) is 18.2 Å². The zero-order valence-electron chi connectivity index (χ0n) is 10.9. The van der Waals surface area contributed by atoms with Crippen molar-refractivity contribution in [2.45, 2.75) is 19.0 Å². The quantitative estimate of drug-likeness (QED) is 0.908. The van der Waals surface area contributed by atoms with Gasteiger partial charge in [0.1, 0.15) is 11.6 Å². The van der Waals surface area contributed by atoms with Crippen molar-refractivity contribution < 1.29 is 13.6 Å². The predicted octanol–water partition coefficient (Wildman–Crippen LogP) is 1.72. The number of amides is 2. The van der Waals surface area contributed by atoms with Crippen molar-refractivity contribution in [2.24, 2.45) is 5.73 Å². The first-order chi connectivity index (χ1) is 8.95. The van der Waals surface area contributed by atoms with E-state index in [1.54, 1.807) is 11.9 Å². The highest BCUT2D eigenvalue weighted by molar-refractivity contribution is 5.77. The van der Waals surface area contributed by atoms with Crippen molar-refractivity contribution in [3.8, 4) is 0 Å². The normalized spacial score (nSPS) is 21.1. The van der Waals surface area contributed by atoms with E-state index >= 15 is 0 Å². The summed E-state index contributed by atoms with van der Waals surface area (Å²) in [5.41, 5.74) is 5.88. The summed E-state index contributed by atoms with van der Waals surface area (Å²) in [4.78, 5) is 15.1. The van der Waals surface area contributed by atoms with Crippen LogP contribution in [-0.4, -0.2) is 42.0 Å². The van der Waals surface area contributed by atoms with Gasteiger partial charge in [0.05, 0.1) is 6.04 Å². The Kier molecular flexibility index (Phi) is 3.71. The number of halogens is 2.